The van der Waals surface area contributed by atoms with Crippen LogP contribution in [0.15, 0.2) is 5.38 Å². The smallest absolute Gasteiger partial charge is 0.227 e. The van der Waals surface area contributed by atoms with E-state index in [-0.39, 0.29) is 5.91 Å². The number of nitrogens with one attached hydrogen (secondary N) is 1. The van der Waals surface area contributed by atoms with E-state index in [1.165, 1.54) is 11.3 Å². The van der Waals surface area contributed by atoms with Crippen molar-refractivity contribution in [2.75, 3.05) is 5.32 Å². The molecule has 5 heteroatoms. The second-order valence-corrected chi connectivity index (χ2v) is 4.87. The van der Waals surface area contributed by atoms with Crippen molar-refractivity contribution in [3.05, 3.63) is 11.1 Å². The number of amides is 1. The fourth-order valence-electron chi connectivity index (χ4n) is 0.989. The van der Waals surface area contributed by atoms with Gasteiger partial charge in [-0.3, -0.25) is 4.79 Å². The van der Waals surface area contributed by atoms with Crippen molar-refractivity contribution < 1.29 is 4.79 Å². The van der Waals surface area contributed by atoms with E-state index in [1.807, 2.05) is 26.2 Å². The molecule has 0 aliphatic heterocycles. The van der Waals surface area contributed by atoms with Crippen LogP contribution in [0.3, 0.4) is 0 Å². The first kappa shape index (κ1) is 11.1. The van der Waals surface area contributed by atoms with Gasteiger partial charge < -0.3 is 11.1 Å². The van der Waals surface area contributed by atoms with Crippen LogP contribution in [-0.2, 0) is 4.79 Å². The lowest BCUT2D eigenvalue weighted by Crippen LogP contribution is -2.36. The molecule has 1 aromatic rings. The summed E-state index contributed by atoms with van der Waals surface area (Å²) in [6.07, 6.45) is 0.297. The third kappa shape index (κ3) is 3.85. The van der Waals surface area contributed by atoms with Gasteiger partial charge in [0.15, 0.2) is 5.13 Å². The summed E-state index contributed by atoms with van der Waals surface area (Å²) in [5, 5.41) is 5.24. The van der Waals surface area contributed by atoms with Gasteiger partial charge in [-0.1, -0.05) is 0 Å². The van der Waals surface area contributed by atoms with E-state index in [0.29, 0.717) is 11.6 Å². The summed E-state index contributed by atoms with van der Waals surface area (Å²) >= 11 is 1.42. The van der Waals surface area contributed by atoms with Crippen molar-refractivity contribution in [1.82, 2.24) is 4.98 Å². The molecule has 1 rings (SSSR count). The molecular weight excluding hydrogens is 198 g/mol. The molecule has 0 saturated heterocycles. The minimum Gasteiger partial charge on any atom is -0.325 e. The molecule has 14 heavy (non-hydrogen) atoms. The highest BCUT2D eigenvalue weighted by Gasteiger charge is 2.16. The van der Waals surface area contributed by atoms with Crippen LogP contribution in [-0.4, -0.2) is 16.4 Å². The molecule has 1 heterocycles. The fourth-order valence-corrected chi connectivity index (χ4v) is 1.69. The number of nitrogens with two attached hydrogens (primary N) is 1. The average molecular weight is 213 g/mol. The molecule has 0 fully saturated rings. The molecule has 0 spiro atoms. The maximum atomic E-state index is 11.4. The quantitative estimate of drug-likeness (QED) is 0.799. The number of nitrogens with zero attached hydrogens (tertiary/aromatic N) is 1. The Hall–Kier alpha value is -0.940. The van der Waals surface area contributed by atoms with Gasteiger partial charge in [0.25, 0.3) is 0 Å². The van der Waals surface area contributed by atoms with E-state index in [9.17, 15) is 4.79 Å². The number of anilines is 1. The lowest BCUT2D eigenvalue weighted by atomic mass is 10.0. The highest BCUT2D eigenvalue weighted by Crippen LogP contribution is 2.15. The molecule has 0 bridgehead atoms. The summed E-state index contributed by atoms with van der Waals surface area (Å²) < 4.78 is 0. The highest BCUT2D eigenvalue weighted by atomic mass is 32.1. The van der Waals surface area contributed by atoms with Crippen LogP contribution in [0.25, 0.3) is 0 Å². The Labute approximate surface area is 87.5 Å². The third-order valence-electron chi connectivity index (χ3n) is 1.48. The zero-order valence-corrected chi connectivity index (χ0v) is 9.44. The van der Waals surface area contributed by atoms with Crippen LogP contribution in [0.5, 0.6) is 0 Å². The highest BCUT2D eigenvalue weighted by molar-refractivity contribution is 7.13. The summed E-state index contributed by atoms with van der Waals surface area (Å²) in [7, 11) is 0. The molecule has 0 atom stereocenters. The number of aromatic nitrogens is 1. The molecule has 0 aliphatic rings. The molecule has 1 aromatic heterocycles. The van der Waals surface area contributed by atoms with Gasteiger partial charge in [-0.25, -0.2) is 4.98 Å². The standard InChI is InChI=1S/C9H15N3OS/c1-6-5-14-8(11-6)12-7(13)4-9(2,3)10/h5H,4,10H2,1-3H3,(H,11,12,13). The number of aryl methyl sites for hydroxylation is 1. The third-order valence-corrected chi connectivity index (χ3v) is 2.36. The SMILES string of the molecule is Cc1csc(NC(=O)CC(C)(C)N)n1. The molecule has 1 amide bonds. The molecular formula is C9H15N3OS. The lowest BCUT2D eigenvalue weighted by Gasteiger charge is -2.16. The largest absolute Gasteiger partial charge is 0.325 e. The number of carbonyl (C=O) groups is 1. The summed E-state index contributed by atoms with van der Waals surface area (Å²) in [6.45, 7) is 5.53. The van der Waals surface area contributed by atoms with E-state index in [0.717, 1.165) is 5.69 Å². The molecule has 0 aliphatic carbocycles. The molecule has 3 N–H and O–H groups in total. The summed E-state index contributed by atoms with van der Waals surface area (Å²) in [4.78, 5) is 15.5. The summed E-state index contributed by atoms with van der Waals surface area (Å²) in [5.74, 6) is -0.0909. The van der Waals surface area contributed by atoms with Gasteiger partial charge in [-0.2, -0.15) is 0 Å². The van der Waals surface area contributed by atoms with E-state index >= 15 is 0 Å². The van der Waals surface area contributed by atoms with Crippen molar-refractivity contribution >= 4 is 22.4 Å². The van der Waals surface area contributed by atoms with E-state index < -0.39 is 5.54 Å². The first-order valence-electron chi connectivity index (χ1n) is 4.38. The summed E-state index contributed by atoms with van der Waals surface area (Å²) in [5.41, 5.74) is 6.16. The van der Waals surface area contributed by atoms with Gasteiger partial charge in [-0.05, 0) is 20.8 Å². The summed E-state index contributed by atoms with van der Waals surface area (Å²) in [6, 6.07) is 0. The van der Waals surface area contributed by atoms with Crippen LogP contribution >= 0.6 is 11.3 Å². The zero-order valence-electron chi connectivity index (χ0n) is 8.63. The Morgan fingerprint density at radius 3 is 2.79 bits per heavy atom. The van der Waals surface area contributed by atoms with Crippen molar-refractivity contribution in [3.63, 3.8) is 0 Å². The van der Waals surface area contributed by atoms with E-state index in [4.69, 9.17) is 5.73 Å². The first-order chi connectivity index (χ1) is 6.37. The van der Waals surface area contributed by atoms with Crippen LogP contribution in [0.4, 0.5) is 5.13 Å². The maximum Gasteiger partial charge on any atom is 0.227 e. The topological polar surface area (TPSA) is 68.0 Å². The minimum absolute atomic E-state index is 0.0909. The van der Waals surface area contributed by atoms with E-state index in [2.05, 4.69) is 10.3 Å². The Morgan fingerprint density at radius 2 is 2.36 bits per heavy atom. The normalized spacial score (nSPS) is 11.4. The van der Waals surface area contributed by atoms with Crippen molar-refractivity contribution in [3.8, 4) is 0 Å². The van der Waals surface area contributed by atoms with Gasteiger partial charge in [0, 0.05) is 17.3 Å². The van der Waals surface area contributed by atoms with Crippen LogP contribution in [0.1, 0.15) is 26.0 Å². The van der Waals surface area contributed by atoms with Gasteiger partial charge in [0.05, 0.1) is 5.69 Å². The van der Waals surface area contributed by atoms with Gasteiger partial charge in [-0.15, -0.1) is 11.3 Å². The number of thiazole rings is 1. The Morgan fingerprint density at radius 1 is 1.71 bits per heavy atom. The Balaban J connectivity index is 2.50. The predicted octanol–water partition coefficient (Wildman–Crippen LogP) is 1.52. The zero-order chi connectivity index (χ0) is 10.8. The van der Waals surface area contributed by atoms with Gasteiger partial charge in [0.2, 0.25) is 5.91 Å². The lowest BCUT2D eigenvalue weighted by molar-refractivity contribution is -0.117. The molecule has 4 nitrogen and oxygen atoms in total. The van der Waals surface area contributed by atoms with Crippen molar-refractivity contribution in [2.45, 2.75) is 32.7 Å². The molecule has 0 unspecified atom stereocenters. The van der Waals surface area contributed by atoms with Gasteiger partial charge >= 0.3 is 0 Å². The van der Waals surface area contributed by atoms with Crippen LogP contribution in [0.2, 0.25) is 0 Å². The predicted molar refractivity (Wildman–Crippen MR) is 58.4 cm³/mol. The van der Waals surface area contributed by atoms with Crippen LogP contribution in [0, 0.1) is 6.92 Å². The van der Waals surface area contributed by atoms with E-state index in [1.54, 1.807) is 0 Å². The minimum atomic E-state index is -0.476. The molecule has 0 saturated carbocycles. The fraction of sp³-hybridized carbons (Fsp3) is 0.556. The Kier molecular flexibility index (Phi) is 3.23. The maximum absolute atomic E-state index is 11.4. The monoisotopic (exact) mass is 213 g/mol. The second-order valence-electron chi connectivity index (χ2n) is 4.01. The van der Waals surface area contributed by atoms with Crippen molar-refractivity contribution in [1.29, 1.82) is 0 Å². The first-order valence-corrected chi connectivity index (χ1v) is 5.26. The average Bonchev–Trinajstić information content (AvgIpc) is 2.30. The van der Waals surface area contributed by atoms with Crippen LogP contribution < -0.4 is 11.1 Å². The van der Waals surface area contributed by atoms with Crippen molar-refractivity contribution in [2.24, 2.45) is 5.73 Å². The molecule has 0 aromatic carbocycles. The van der Waals surface area contributed by atoms with Gasteiger partial charge in [0.1, 0.15) is 0 Å². The molecule has 78 valence electrons. The second kappa shape index (κ2) is 4.06. The molecule has 0 radical (unpaired) electrons. The number of carbonyl (C=O) groups excluding carboxylic acids is 1. The number of rotatable bonds is 3. The number of hydrogen-bond donors (Lipinski definition) is 2. The number of hydrogen-bond acceptors (Lipinski definition) is 4. The Bertz CT molecular complexity index is 327.